The van der Waals surface area contributed by atoms with Crippen molar-refractivity contribution in [3.8, 4) is 23.0 Å². The largest absolute Gasteiger partial charge is 0.504 e. The van der Waals surface area contributed by atoms with Crippen molar-refractivity contribution in [3.63, 3.8) is 0 Å². The van der Waals surface area contributed by atoms with E-state index in [0.717, 1.165) is 24.3 Å². The summed E-state index contributed by atoms with van der Waals surface area (Å²) >= 11 is 0. The summed E-state index contributed by atoms with van der Waals surface area (Å²) in [6, 6.07) is 6.81. The first-order chi connectivity index (χ1) is 17.0. The summed E-state index contributed by atoms with van der Waals surface area (Å²) in [5.41, 5.74) is -1.56. The Morgan fingerprint density at radius 1 is 0.889 bits per heavy atom. The number of Topliss-reactive ketones (excluding diaryl/α,β-unsaturated/α-hetero) is 1. The van der Waals surface area contributed by atoms with Crippen LogP contribution in [0.25, 0.3) is 0 Å². The molecule has 0 aromatic heterocycles. The van der Waals surface area contributed by atoms with E-state index in [1.807, 2.05) is 0 Å². The van der Waals surface area contributed by atoms with Gasteiger partial charge in [-0.2, -0.15) is 0 Å². The Morgan fingerprint density at radius 3 is 2.06 bits per heavy atom. The lowest BCUT2D eigenvalue weighted by atomic mass is 9.89. The Hall–Kier alpha value is -3.01. The number of carbonyl (C=O) groups excluding carboxylic acids is 1. The van der Waals surface area contributed by atoms with Crippen LogP contribution in [0.2, 0.25) is 0 Å². The summed E-state index contributed by atoms with van der Waals surface area (Å²) in [6.45, 7) is -0.742. The lowest BCUT2D eigenvalue weighted by Gasteiger charge is -2.40. The first-order valence-corrected chi connectivity index (χ1v) is 10.9. The third kappa shape index (κ3) is 4.70. The molecule has 2 aromatic carbocycles. The topological polar surface area (TPSA) is 230 Å². The minimum absolute atomic E-state index is 0.140. The quantitative estimate of drug-likeness (QED) is 0.112. The second kappa shape index (κ2) is 9.80. The average Bonchev–Trinajstić information content (AvgIpc) is 3.51. The van der Waals surface area contributed by atoms with Gasteiger partial charge in [0.25, 0.3) is 0 Å². The zero-order chi connectivity index (χ0) is 26.4. The second-order valence-corrected chi connectivity index (χ2v) is 8.66. The molecule has 2 saturated heterocycles. The van der Waals surface area contributed by atoms with Crippen molar-refractivity contribution in [3.05, 3.63) is 47.5 Å². The molecule has 9 N–H and O–H groups in total. The Morgan fingerprint density at radius 2 is 1.50 bits per heavy atom. The number of aliphatic hydroxyl groups is 5. The van der Waals surface area contributed by atoms with E-state index in [4.69, 9.17) is 14.2 Å². The minimum atomic E-state index is -1.84. The van der Waals surface area contributed by atoms with Crippen molar-refractivity contribution in [2.24, 2.45) is 0 Å². The molecule has 0 amide bonds. The summed E-state index contributed by atoms with van der Waals surface area (Å²) in [6.07, 6.45) is -11.8. The van der Waals surface area contributed by atoms with Gasteiger partial charge in [0, 0.05) is 12.0 Å². The first-order valence-electron chi connectivity index (χ1n) is 10.9. The molecule has 196 valence electrons. The van der Waals surface area contributed by atoms with Crippen molar-refractivity contribution >= 4 is 5.78 Å². The third-order valence-corrected chi connectivity index (χ3v) is 6.32. The number of aromatic hydroxyl groups is 4. The van der Waals surface area contributed by atoms with E-state index >= 15 is 0 Å². The molecule has 2 aliphatic rings. The number of hydrogen-bond donors (Lipinski definition) is 9. The molecule has 8 atom stereocenters. The van der Waals surface area contributed by atoms with Crippen LogP contribution in [0.5, 0.6) is 23.0 Å². The molecule has 4 rings (SSSR count). The summed E-state index contributed by atoms with van der Waals surface area (Å²) < 4.78 is 16.4. The highest BCUT2D eigenvalue weighted by Gasteiger charge is 2.60. The van der Waals surface area contributed by atoms with Crippen LogP contribution in [0, 0.1) is 0 Å². The van der Waals surface area contributed by atoms with Crippen molar-refractivity contribution in [1.29, 1.82) is 0 Å². The van der Waals surface area contributed by atoms with E-state index in [0.29, 0.717) is 0 Å². The van der Waals surface area contributed by atoms with Crippen LogP contribution >= 0.6 is 0 Å². The maximum atomic E-state index is 13.4. The second-order valence-electron chi connectivity index (χ2n) is 8.66. The monoisotopic (exact) mass is 510 g/mol. The van der Waals surface area contributed by atoms with Gasteiger partial charge in [-0.3, -0.25) is 4.79 Å². The molecule has 0 bridgehead atoms. The van der Waals surface area contributed by atoms with Crippen LogP contribution in [0.15, 0.2) is 36.4 Å². The molecule has 2 aromatic rings. The van der Waals surface area contributed by atoms with Crippen LogP contribution in [-0.2, 0) is 19.8 Å². The van der Waals surface area contributed by atoms with E-state index in [1.54, 1.807) is 0 Å². The van der Waals surface area contributed by atoms with E-state index in [9.17, 15) is 50.8 Å². The van der Waals surface area contributed by atoms with Crippen molar-refractivity contribution in [2.45, 2.75) is 55.1 Å². The summed E-state index contributed by atoms with van der Waals surface area (Å²) in [7, 11) is 0. The van der Waals surface area contributed by atoms with E-state index in [1.165, 1.54) is 12.1 Å². The number of hydrogen-bond acceptors (Lipinski definition) is 13. The van der Waals surface area contributed by atoms with Crippen LogP contribution in [0.1, 0.15) is 22.3 Å². The number of epoxide rings is 1. The number of rotatable bonds is 8. The number of benzene rings is 2. The minimum Gasteiger partial charge on any atom is -0.504 e. The molecular weight excluding hydrogens is 484 g/mol. The lowest BCUT2D eigenvalue weighted by Crippen LogP contribution is -2.60. The van der Waals surface area contributed by atoms with Gasteiger partial charge in [-0.15, -0.1) is 0 Å². The van der Waals surface area contributed by atoms with Crippen LogP contribution in [0.4, 0.5) is 0 Å². The third-order valence-electron chi connectivity index (χ3n) is 6.32. The number of phenols is 4. The maximum absolute atomic E-state index is 13.4. The molecule has 13 nitrogen and oxygen atoms in total. The summed E-state index contributed by atoms with van der Waals surface area (Å²) in [5.74, 6) is -2.86. The Labute approximate surface area is 203 Å². The van der Waals surface area contributed by atoms with E-state index < -0.39 is 90.5 Å². The number of carbonyl (C=O) groups is 1. The van der Waals surface area contributed by atoms with Gasteiger partial charge in [0.2, 0.25) is 0 Å². The van der Waals surface area contributed by atoms with Gasteiger partial charge in [-0.05, 0) is 35.9 Å². The van der Waals surface area contributed by atoms with Crippen molar-refractivity contribution in [1.82, 2.24) is 0 Å². The van der Waals surface area contributed by atoms with Gasteiger partial charge in [0.15, 0.2) is 41.4 Å². The van der Waals surface area contributed by atoms with E-state index in [2.05, 4.69) is 0 Å². The lowest BCUT2D eigenvalue weighted by molar-refractivity contribution is -0.307. The van der Waals surface area contributed by atoms with E-state index in [-0.39, 0.29) is 11.1 Å². The number of ketones is 1. The fraction of sp³-hybridized carbons (Fsp3) is 0.435. The highest BCUT2D eigenvalue weighted by Crippen LogP contribution is 2.51. The maximum Gasteiger partial charge on any atom is 0.191 e. The molecular formula is C23H26O13. The van der Waals surface area contributed by atoms with Crippen molar-refractivity contribution < 1.29 is 65.0 Å². The smallest absolute Gasteiger partial charge is 0.191 e. The molecule has 0 spiro atoms. The highest BCUT2D eigenvalue weighted by atomic mass is 16.7. The van der Waals surface area contributed by atoms with Gasteiger partial charge in [-0.25, -0.2) is 0 Å². The van der Waals surface area contributed by atoms with Gasteiger partial charge in [0.1, 0.15) is 36.1 Å². The Bertz CT molecular complexity index is 1120. The van der Waals surface area contributed by atoms with Gasteiger partial charge >= 0.3 is 0 Å². The van der Waals surface area contributed by atoms with Crippen LogP contribution in [0.3, 0.4) is 0 Å². The Kier molecular flexibility index (Phi) is 7.10. The SMILES string of the molecule is O=C(c1ccc(O)c(O)c1)[C@H](C[C@@]1(c2ccc(O)c(O)c2)O[C@@H]1O)O[C@@H]1O[C@H](CO)[C@@H](O)[C@H](O)[C@H]1O. The zero-order valence-electron chi connectivity index (χ0n) is 18.6. The zero-order valence-corrected chi connectivity index (χ0v) is 18.6. The molecule has 13 heteroatoms. The standard InChI is InChI=1S/C23H26O13/c24-8-16-18(30)19(31)20(32)21(35-16)34-15(17(29)9-1-3-11(25)13(27)5-9)7-23(22(33)36-23)10-2-4-12(26)14(28)6-10/h1-6,15-16,18-22,24-28,30-33H,7-8H2/t15-,16+,18+,19-,20+,21+,22-,23-/m0/s1. The van der Waals surface area contributed by atoms with Crippen molar-refractivity contribution in [2.75, 3.05) is 6.61 Å². The molecule has 36 heavy (non-hydrogen) atoms. The highest BCUT2D eigenvalue weighted by molar-refractivity contribution is 6.00. The molecule has 0 unspecified atom stereocenters. The molecule has 0 aliphatic carbocycles. The summed E-state index contributed by atoms with van der Waals surface area (Å²) in [5, 5.41) is 89.2. The number of aliphatic hydroxyl groups excluding tert-OH is 5. The molecule has 0 radical (unpaired) electrons. The predicted octanol–water partition coefficient (Wildman–Crippen LogP) is -1.49. The van der Waals surface area contributed by atoms with Crippen LogP contribution in [-0.4, -0.2) is 101 Å². The normalized spacial score (nSPS) is 32.7. The molecule has 2 heterocycles. The molecule has 0 saturated carbocycles. The van der Waals surface area contributed by atoms with Gasteiger partial charge in [0.05, 0.1) is 6.61 Å². The fourth-order valence-corrected chi connectivity index (χ4v) is 4.11. The van der Waals surface area contributed by atoms with Gasteiger partial charge < -0.3 is 60.2 Å². The predicted molar refractivity (Wildman–Crippen MR) is 116 cm³/mol. The number of phenolic OH excluding ortho intramolecular Hbond substituents is 4. The first kappa shape index (κ1) is 26.1. The number of ether oxygens (including phenoxy) is 3. The Balaban J connectivity index is 1.68. The fourth-order valence-electron chi connectivity index (χ4n) is 4.11. The molecule has 2 aliphatic heterocycles. The molecule has 2 fully saturated rings. The van der Waals surface area contributed by atoms with Gasteiger partial charge in [-0.1, -0.05) is 6.07 Å². The summed E-state index contributed by atoms with van der Waals surface area (Å²) in [4.78, 5) is 13.4. The van der Waals surface area contributed by atoms with Crippen LogP contribution < -0.4 is 0 Å². The average molecular weight is 510 g/mol.